The van der Waals surface area contributed by atoms with Crippen molar-refractivity contribution in [3.8, 4) is 17.2 Å². The van der Waals surface area contributed by atoms with Crippen molar-refractivity contribution >= 4 is 16.7 Å². The lowest BCUT2D eigenvalue weighted by Gasteiger charge is -2.05. The largest absolute Gasteiger partial charge is 0.292 e. The number of ketones is 1. The van der Waals surface area contributed by atoms with Crippen molar-refractivity contribution in [3.63, 3.8) is 0 Å². The molecule has 2 aromatic carbocycles. The normalized spacial score (nSPS) is 10.9. The Kier molecular flexibility index (Phi) is 5.25. The van der Waals surface area contributed by atoms with Crippen LogP contribution in [-0.2, 0) is 13.0 Å². The minimum absolute atomic E-state index is 0.0717. The lowest BCUT2D eigenvalue weighted by atomic mass is 10.0. The van der Waals surface area contributed by atoms with E-state index in [9.17, 15) is 4.79 Å². The molecule has 0 fully saturated rings. The Morgan fingerprint density at radius 3 is 2.88 bits per heavy atom. The number of carbonyl (C=O) groups is 1. The number of hydrogen-bond acceptors (Lipinski definition) is 5. The molecule has 160 valence electrons. The predicted octanol–water partition coefficient (Wildman–Crippen LogP) is 4.48. The van der Waals surface area contributed by atoms with E-state index in [1.165, 1.54) is 0 Å². The van der Waals surface area contributed by atoms with E-state index in [-0.39, 0.29) is 12.2 Å². The first kappa shape index (κ1) is 20.3. The Morgan fingerprint density at radius 2 is 2.03 bits per heavy atom. The van der Waals surface area contributed by atoms with Crippen LogP contribution in [0.3, 0.4) is 0 Å². The van der Waals surface area contributed by atoms with Crippen LogP contribution in [0.1, 0.15) is 32.9 Å². The number of aromatic amines is 1. The maximum atomic E-state index is 13.0. The van der Waals surface area contributed by atoms with E-state index in [0.717, 1.165) is 38.9 Å². The molecule has 0 atom stereocenters. The third-order valence-corrected chi connectivity index (χ3v) is 5.60. The number of pyridine rings is 1. The molecule has 3 aromatic heterocycles. The number of aromatic nitrogens is 5. The predicted molar refractivity (Wildman–Crippen MR) is 125 cm³/mol. The number of carbonyl (C=O) groups excluding carboxylic acids is 1. The zero-order chi connectivity index (χ0) is 22.8. The van der Waals surface area contributed by atoms with Gasteiger partial charge in [-0.25, -0.2) is 0 Å². The quantitative estimate of drug-likeness (QED) is 0.399. The standard InChI is InChI=1S/C26H20N6O/c1-17-22(6-3-9-28-17)21-7-8-23-24(12-21)30-31-26(23)25(33)11-20-14-29-32(16-20)15-19-5-2-4-18(10-19)13-27/h2-10,12,14,16H,11,15H2,1H3,(H,30,31). The van der Waals surface area contributed by atoms with Gasteiger partial charge in [0.05, 0.1) is 29.9 Å². The Bertz CT molecular complexity index is 1520. The maximum absolute atomic E-state index is 13.0. The van der Waals surface area contributed by atoms with E-state index in [1.807, 2.05) is 61.7 Å². The SMILES string of the molecule is Cc1ncccc1-c1ccc2c(C(=O)Cc3cnn(Cc4cccc(C#N)c4)c3)n[nH]c2c1. The van der Waals surface area contributed by atoms with Gasteiger partial charge in [0.25, 0.3) is 0 Å². The van der Waals surface area contributed by atoms with Gasteiger partial charge in [-0.1, -0.05) is 24.3 Å². The number of H-pyrrole nitrogens is 1. The molecule has 5 rings (SSSR count). The second-order valence-electron chi connectivity index (χ2n) is 7.93. The molecule has 1 N–H and O–H groups in total. The first-order chi connectivity index (χ1) is 16.1. The number of nitriles is 1. The van der Waals surface area contributed by atoms with E-state index < -0.39 is 0 Å². The minimum atomic E-state index is -0.0717. The van der Waals surface area contributed by atoms with Crippen LogP contribution in [0, 0.1) is 18.3 Å². The van der Waals surface area contributed by atoms with Crippen LogP contribution >= 0.6 is 0 Å². The van der Waals surface area contributed by atoms with Gasteiger partial charge in [0, 0.05) is 35.5 Å². The van der Waals surface area contributed by atoms with Gasteiger partial charge in [0.2, 0.25) is 0 Å². The molecule has 5 aromatic rings. The maximum Gasteiger partial charge on any atom is 0.188 e. The molecule has 3 heterocycles. The summed E-state index contributed by atoms with van der Waals surface area (Å²) in [6, 6.07) is 19.4. The topological polar surface area (TPSA) is 100 Å². The number of nitrogens with zero attached hydrogens (tertiary/aromatic N) is 5. The van der Waals surface area contributed by atoms with Crippen LogP contribution in [0.5, 0.6) is 0 Å². The molecule has 0 spiro atoms. The van der Waals surface area contributed by atoms with Gasteiger partial charge < -0.3 is 0 Å². The average molecular weight is 432 g/mol. The van der Waals surface area contributed by atoms with Gasteiger partial charge in [0.1, 0.15) is 5.69 Å². The summed E-state index contributed by atoms with van der Waals surface area (Å²) in [4.78, 5) is 17.3. The molecule has 0 radical (unpaired) electrons. The first-order valence-electron chi connectivity index (χ1n) is 10.5. The molecule has 0 saturated carbocycles. The van der Waals surface area contributed by atoms with Crippen molar-refractivity contribution in [2.75, 3.05) is 0 Å². The molecule has 0 bridgehead atoms. The van der Waals surface area contributed by atoms with E-state index in [2.05, 4.69) is 26.3 Å². The molecular weight excluding hydrogens is 412 g/mol. The summed E-state index contributed by atoms with van der Waals surface area (Å²) in [5, 5.41) is 21.5. The highest BCUT2D eigenvalue weighted by atomic mass is 16.1. The molecule has 7 nitrogen and oxygen atoms in total. The molecule has 0 aliphatic heterocycles. The van der Waals surface area contributed by atoms with Crippen LogP contribution < -0.4 is 0 Å². The number of Topliss-reactive ketones (excluding diaryl/α,β-unsaturated/α-hetero) is 1. The lowest BCUT2D eigenvalue weighted by molar-refractivity contribution is 0.0989. The Hall–Kier alpha value is -4.57. The van der Waals surface area contributed by atoms with Gasteiger partial charge in [-0.3, -0.25) is 19.6 Å². The fourth-order valence-electron chi connectivity index (χ4n) is 3.97. The van der Waals surface area contributed by atoms with Gasteiger partial charge in [-0.05, 0) is 53.9 Å². The average Bonchev–Trinajstić information content (AvgIpc) is 3.45. The van der Waals surface area contributed by atoms with Crippen LogP contribution in [0.25, 0.3) is 22.0 Å². The van der Waals surface area contributed by atoms with Gasteiger partial charge in [-0.2, -0.15) is 15.5 Å². The van der Waals surface area contributed by atoms with Gasteiger partial charge >= 0.3 is 0 Å². The second-order valence-corrected chi connectivity index (χ2v) is 7.93. The molecule has 0 saturated heterocycles. The molecule has 0 amide bonds. The van der Waals surface area contributed by atoms with Crippen LogP contribution in [0.4, 0.5) is 0 Å². The smallest absolute Gasteiger partial charge is 0.188 e. The van der Waals surface area contributed by atoms with Crippen molar-refractivity contribution < 1.29 is 4.79 Å². The molecule has 0 aliphatic rings. The van der Waals surface area contributed by atoms with E-state index in [4.69, 9.17) is 5.26 Å². The summed E-state index contributed by atoms with van der Waals surface area (Å²) >= 11 is 0. The zero-order valence-electron chi connectivity index (χ0n) is 18.0. The van der Waals surface area contributed by atoms with E-state index in [1.54, 1.807) is 23.1 Å². The zero-order valence-corrected chi connectivity index (χ0v) is 18.0. The Morgan fingerprint density at radius 1 is 1.12 bits per heavy atom. The lowest BCUT2D eigenvalue weighted by Crippen LogP contribution is -2.04. The van der Waals surface area contributed by atoms with E-state index >= 15 is 0 Å². The third kappa shape index (κ3) is 4.14. The van der Waals surface area contributed by atoms with Gasteiger partial charge in [0.15, 0.2) is 5.78 Å². The Labute approximate surface area is 190 Å². The fraction of sp³-hybridized carbons (Fsp3) is 0.115. The van der Waals surface area contributed by atoms with Crippen molar-refractivity contribution in [2.24, 2.45) is 0 Å². The number of hydrogen-bond donors (Lipinski definition) is 1. The van der Waals surface area contributed by atoms with Gasteiger partial charge in [-0.15, -0.1) is 0 Å². The highest BCUT2D eigenvalue weighted by Crippen LogP contribution is 2.27. The second kappa shape index (κ2) is 8.52. The number of nitrogens with one attached hydrogen (secondary N) is 1. The highest BCUT2D eigenvalue weighted by Gasteiger charge is 2.16. The summed E-state index contributed by atoms with van der Waals surface area (Å²) < 4.78 is 1.77. The van der Waals surface area contributed by atoms with Crippen molar-refractivity contribution in [1.82, 2.24) is 25.0 Å². The molecule has 0 aliphatic carbocycles. The van der Waals surface area contributed by atoms with Crippen molar-refractivity contribution in [3.05, 3.63) is 101 Å². The number of benzene rings is 2. The summed E-state index contributed by atoms with van der Waals surface area (Å²) in [6.07, 6.45) is 5.54. The summed E-state index contributed by atoms with van der Waals surface area (Å²) in [6.45, 7) is 2.51. The monoisotopic (exact) mass is 432 g/mol. The van der Waals surface area contributed by atoms with Crippen molar-refractivity contribution in [1.29, 1.82) is 5.26 Å². The third-order valence-electron chi connectivity index (χ3n) is 5.60. The fourth-order valence-corrected chi connectivity index (χ4v) is 3.97. The summed E-state index contributed by atoms with van der Waals surface area (Å²) in [5.74, 6) is -0.0717. The molecule has 33 heavy (non-hydrogen) atoms. The number of rotatable bonds is 6. The number of fused-ring (bicyclic) bond motifs is 1. The minimum Gasteiger partial charge on any atom is -0.292 e. The van der Waals surface area contributed by atoms with Crippen LogP contribution in [0.2, 0.25) is 0 Å². The first-order valence-corrected chi connectivity index (χ1v) is 10.5. The van der Waals surface area contributed by atoms with Crippen LogP contribution in [-0.4, -0.2) is 30.7 Å². The van der Waals surface area contributed by atoms with E-state index in [0.29, 0.717) is 17.8 Å². The molecular formula is C26H20N6O. The molecule has 7 heteroatoms. The number of aryl methyl sites for hydroxylation is 1. The summed E-state index contributed by atoms with van der Waals surface area (Å²) in [7, 11) is 0. The summed E-state index contributed by atoms with van der Waals surface area (Å²) in [5.41, 5.74) is 6.67. The highest BCUT2D eigenvalue weighted by molar-refractivity contribution is 6.07. The molecule has 0 unspecified atom stereocenters. The van der Waals surface area contributed by atoms with Crippen LogP contribution in [0.15, 0.2) is 73.2 Å². The Balaban J connectivity index is 1.33. The van der Waals surface area contributed by atoms with Crippen molar-refractivity contribution in [2.45, 2.75) is 19.9 Å².